The van der Waals surface area contributed by atoms with Gasteiger partial charge in [0, 0.05) is 27.0 Å². The van der Waals surface area contributed by atoms with E-state index < -0.39 is 5.91 Å². The summed E-state index contributed by atoms with van der Waals surface area (Å²) in [6.07, 6.45) is 1.59. The maximum atomic E-state index is 12.9. The van der Waals surface area contributed by atoms with Crippen LogP contribution in [-0.4, -0.2) is 11.8 Å². The van der Waals surface area contributed by atoms with Crippen molar-refractivity contribution in [1.29, 1.82) is 0 Å². The summed E-state index contributed by atoms with van der Waals surface area (Å²) < 4.78 is 11.3. The van der Waals surface area contributed by atoms with Gasteiger partial charge in [0.25, 0.3) is 5.91 Å². The van der Waals surface area contributed by atoms with Gasteiger partial charge in [0.05, 0.1) is 12.7 Å². The van der Waals surface area contributed by atoms with Crippen molar-refractivity contribution in [2.45, 2.75) is 6.42 Å². The Balaban J connectivity index is 1.45. The number of furan rings is 2. The molecule has 32 heavy (non-hydrogen) atoms. The van der Waals surface area contributed by atoms with Crippen molar-refractivity contribution in [2.75, 3.05) is 10.6 Å². The molecule has 2 heterocycles. The molecule has 0 aliphatic heterocycles. The predicted octanol–water partition coefficient (Wildman–Crippen LogP) is 6.27. The molecule has 7 heteroatoms. The molecule has 0 bridgehead atoms. The highest BCUT2D eigenvalue weighted by molar-refractivity contribution is 6.31. The third-order valence-corrected chi connectivity index (χ3v) is 5.30. The standard InChI is InChI=1S/C25H17ClN2O4/c26-16-10-11-20-19(13-16)15(14-31-20)12-22(29)28-23-18-8-4-5-9-21(18)32-24(23)25(30)27-17-6-2-1-3-7-17/h1-11,13-14H,12H2,(H,27,30)(H,28,29). The fourth-order valence-electron chi connectivity index (χ4n) is 3.59. The first-order valence-electron chi connectivity index (χ1n) is 9.92. The van der Waals surface area contributed by atoms with Crippen LogP contribution in [0, 0.1) is 0 Å². The van der Waals surface area contributed by atoms with Crippen molar-refractivity contribution in [3.8, 4) is 0 Å². The number of rotatable bonds is 5. The minimum Gasteiger partial charge on any atom is -0.464 e. The molecule has 0 atom stereocenters. The van der Waals surface area contributed by atoms with Crippen LogP contribution in [0.4, 0.5) is 11.4 Å². The summed E-state index contributed by atoms with van der Waals surface area (Å²) in [5, 5.41) is 7.61. The number of carbonyl (C=O) groups is 2. The summed E-state index contributed by atoms with van der Waals surface area (Å²) in [6.45, 7) is 0. The SMILES string of the molecule is O=C(Cc1coc2ccc(Cl)cc12)Nc1c(C(=O)Nc2ccccc2)oc2ccccc12. The smallest absolute Gasteiger partial charge is 0.293 e. The summed E-state index contributed by atoms with van der Waals surface area (Å²) in [5.41, 5.74) is 2.79. The van der Waals surface area contributed by atoms with Crippen LogP contribution in [0.3, 0.4) is 0 Å². The number of hydrogen-bond acceptors (Lipinski definition) is 4. The summed E-state index contributed by atoms with van der Waals surface area (Å²) in [5.74, 6) is -0.736. The van der Waals surface area contributed by atoms with Crippen LogP contribution in [0.2, 0.25) is 5.02 Å². The molecule has 0 saturated carbocycles. The molecule has 0 spiro atoms. The van der Waals surface area contributed by atoms with Crippen LogP contribution in [0.5, 0.6) is 0 Å². The normalized spacial score (nSPS) is 11.0. The Hall–Kier alpha value is -4.03. The van der Waals surface area contributed by atoms with Crippen molar-refractivity contribution in [2.24, 2.45) is 0 Å². The van der Waals surface area contributed by atoms with Crippen LogP contribution in [-0.2, 0) is 11.2 Å². The zero-order valence-electron chi connectivity index (χ0n) is 16.7. The minimum atomic E-state index is -0.455. The number of nitrogens with one attached hydrogen (secondary N) is 2. The molecule has 2 amide bonds. The van der Waals surface area contributed by atoms with E-state index in [0.29, 0.717) is 38.5 Å². The lowest BCUT2D eigenvalue weighted by Crippen LogP contribution is -2.18. The van der Waals surface area contributed by atoms with Gasteiger partial charge >= 0.3 is 0 Å². The predicted molar refractivity (Wildman–Crippen MR) is 124 cm³/mol. The third-order valence-electron chi connectivity index (χ3n) is 5.06. The zero-order valence-corrected chi connectivity index (χ0v) is 17.5. The molecule has 5 rings (SSSR count). The number of hydrogen-bond donors (Lipinski definition) is 2. The highest BCUT2D eigenvalue weighted by atomic mass is 35.5. The van der Waals surface area contributed by atoms with E-state index in [1.54, 1.807) is 48.5 Å². The van der Waals surface area contributed by atoms with Gasteiger partial charge in [0.2, 0.25) is 11.7 Å². The van der Waals surface area contributed by atoms with Crippen LogP contribution < -0.4 is 10.6 Å². The van der Waals surface area contributed by atoms with E-state index in [-0.39, 0.29) is 18.1 Å². The first-order chi connectivity index (χ1) is 15.6. The second-order valence-electron chi connectivity index (χ2n) is 7.25. The molecule has 0 saturated heterocycles. The lowest BCUT2D eigenvalue weighted by atomic mass is 10.1. The molecule has 0 radical (unpaired) electrons. The van der Waals surface area contributed by atoms with Gasteiger partial charge in [-0.3, -0.25) is 9.59 Å². The summed E-state index contributed by atoms with van der Waals surface area (Å²) in [7, 11) is 0. The zero-order chi connectivity index (χ0) is 22.1. The van der Waals surface area contributed by atoms with Gasteiger partial charge in [-0.15, -0.1) is 0 Å². The summed E-state index contributed by atoms with van der Waals surface area (Å²) in [4.78, 5) is 25.9. The van der Waals surface area contributed by atoms with Gasteiger partial charge in [-0.25, -0.2) is 0 Å². The van der Waals surface area contributed by atoms with E-state index >= 15 is 0 Å². The Bertz CT molecular complexity index is 1450. The van der Waals surface area contributed by atoms with Crippen molar-refractivity contribution >= 4 is 56.7 Å². The average molecular weight is 445 g/mol. The highest BCUT2D eigenvalue weighted by Crippen LogP contribution is 2.32. The third kappa shape index (κ3) is 3.84. The number of anilines is 2. The van der Waals surface area contributed by atoms with E-state index in [2.05, 4.69) is 10.6 Å². The number of benzene rings is 3. The molecule has 0 aliphatic carbocycles. The van der Waals surface area contributed by atoms with Gasteiger partial charge in [0.15, 0.2) is 0 Å². The Morgan fingerprint density at radius 2 is 1.62 bits per heavy atom. The molecule has 6 nitrogen and oxygen atoms in total. The quantitative estimate of drug-likeness (QED) is 0.335. The highest BCUT2D eigenvalue weighted by Gasteiger charge is 2.23. The lowest BCUT2D eigenvalue weighted by molar-refractivity contribution is -0.115. The number of carbonyl (C=O) groups excluding carboxylic acids is 2. The van der Waals surface area contributed by atoms with E-state index in [0.717, 1.165) is 5.39 Å². The van der Waals surface area contributed by atoms with Crippen molar-refractivity contribution in [1.82, 2.24) is 0 Å². The number of halogens is 1. The Labute approximate surface area is 187 Å². The van der Waals surface area contributed by atoms with E-state index in [4.69, 9.17) is 20.4 Å². The molecular weight excluding hydrogens is 428 g/mol. The van der Waals surface area contributed by atoms with Gasteiger partial charge in [-0.05, 0) is 42.5 Å². The van der Waals surface area contributed by atoms with Crippen molar-refractivity contribution in [3.63, 3.8) is 0 Å². The van der Waals surface area contributed by atoms with E-state index in [1.807, 2.05) is 24.3 Å². The molecule has 5 aromatic rings. The maximum Gasteiger partial charge on any atom is 0.293 e. The maximum absolute atomic E-state index is 12.9. The molecular formula is C25H17ClN2O4. The largest absolute Gasteiger partial charge is 0.464 e. The average Bonchev–Trinajstić information content (AvgIpc) is 3.36. The second kappa shape index (κ2) is 8.24. The Kier molecular flexibility index (Phi) is 5.13. The molecule has 158 valence electrons. The van der Waals surface area contributed by atoms with Crippen LogP contribution in [0.1, 0.15) is 16.1 Å². The summed E-state index contributed by atoms with van der Waals surface area (Å²) >= 11 is 6.09. The van der Waals surface area contributed by atoms with Gasteiger partial charge in [-0.2, -0.15) is 0 Å². The molecule has 2 N–H and O–H groups in total. The molecule has 3 aromatic carbocycles. The Morgan fingerprint density at radius 3 is 2.47 bits per heavy atom. The van der Waals surface area contributed by atoms with Crippen LogP contribution in [0.15, 0.2) is 87.9 Å². The fourth-order valence-corrected chi connectivity index (χ4v) is 3.76. The Morgan fingerprint density at radius 1 is 0.844 bits per heavy atom. The van der Waals surface area contributed by atoms with Gasteiger partial charge in [0.1, 0.15) is 16.9 Å². The number of amides is 2. The van der Waals surface area contributed by atoms with Crippen LogP contribution in [0.25, 0.3) is 21.9 Å². The van der Waals surface area contributed by atoms with Crippen molar-refractivity contribution in [3.05, 3.63) is 95.4 Å². The molecule has 0 unspecified atom stereocenters. The second-order valence-corrected chi connectivity index (χ2v) is 7.69. The minimum absolute atomic E-state index is 0.0310. The van der Waals surface area contributed by atoms with E-state index in [9.17, 15) is 9.59 Å². The first-order valence-corrected chi connectivity index (χ1v) is 10.3. The van der Waals surface area contributed by atoms with Gasteiger partial charge in [-0.1, -0.05) is 41.9 Å². The topological polar surface area (TPSA) is 84.5 Å². The fraction of sp³-hybridized carbons (Fsp3) is 0.0400. The molecule has 0 aliphatic rings. The van der Waals surface area contributed by atoms with Crippen LogP contribution >= 0.6 is 11.6 Å². The van der Waals surface area contributed by atoms with E-state index in [1.165, 1.54) is 6.26 Å². The molecule has 2 aromatic heterocycles. The summed E-state index contributed by atoms with van der Waals surface area (Å²) in [6, 6.07) is 21.4. The lowest BCUT2D eigenvalue weighted by Gasteiger charge is -2.07. The monoisotopic (exact) mass is 444 g/mol. The first kappa shape index (κ1) is 19.9. The number of fused-ring (bicyclic) bond motifs is 2. The molecule has 0 fully saturated rings. The van der Waals surface area contributed by atoms with Crippen molar-refractivity contribution < 1.29 is 18.4 Å². The van der Waals surface area contributed by atoms with Gasteiger partial charge < -0.3 is 19.5 Å². The number of para-hydroxylation sites is 2.